The first-order valence-electron chi connectivity index (χ1n) is 5.50. The van der Waals surface area contributed by atoms with Crippen LogP contribution >= 0.6 is 27.5 Å². The maximum atomic E-state index is 14.0. The van der Waals surface area contributed by atoms with Crippen LogP contribution in [0.15, 0.2) is 46.9 Å². The number of Topliss-reactive ketones (excluding diaryl/α,β-unsaturated/α-hetero) is 1. The fourth-order valence-electron chi connectivity index (χ4n) is 1.70. The second-order valence-corrected chi connectivity index (χ2v) is 5.21. The molecule has 0 saturated carbocycles. The zero-order valence-electron chi connectivity index (χ0n) is 9.74. The van der Waals surface area contributed by atoms with Crippen molar-refractivity contribution in [2.24, 2.45) is 5.73 Å². The van der Waals surface area contributed by atoms with Crippen LogP contribution in [0.25, 0.3) is 0 Å². The topological polar surface area (TPSA) is 43.1 Å². The summed E-state index contributed by atoms with van der Waals surface area (Å²) < 4.78 is 14.4. The molecule has 2 nitrogen and oxygen atoms in total. The SMILES string of the molecule is N[C@@H](C(=O)c1ccc(Br)c(Cl)c1F)c1ccccc1. The van der Waals surface area contributed by atoms with E-state index in [0.29, 0.717) is 10.0 Å². The molecule has 19 heavy (non-hydrogen) atoms. The molecule has 0 spiro atoms. The van der Waals surface area contributed by atoms with Gasteiger partial charge in [-0.25, -0.2) is 4.39 Å². The van der Waals surface area contributed by atoms with Crippen molar-refractivity contribution in [1.29, 1.82) is 0 Å². The molecule has 0 aromatic heterocycles. The molecule has 2 aromatic rings. The maximum absolute atomic E-state index is 14.0. The van der Waals surface area contributed by atoms with E-state index >= 15 is 0 Å². The van der Waals surface area contributed by atoms with Crippen LogP contribution in [0, 0.1) is 5.82 Å². The van der Waals surface area contributed by atoms with Crippen LogP contribution in [-0.4, -0.2) is 5.78 Å². The van der Waals surface area contributed by atoms with E-state index in [0.717, 1.165) is 0 Å². The molecule has 0 aliphatic heterocycles. The molecule has 0 heterocycles. The van der Waals surface area contributed by atoms with Crippen LogP contribution < -0.4 is 5.73 Å². The molecular formula is C14H10BrClFNO. The molecule has 0 unspecified atom stereocenters. The fraction of sp³-hybridized carbons (Fsp3) is 0.0714. The van der Waals surface area contributed by atoms with Gasteiger partial charge in [-0.2, -0.15) is 0 Å². The van der Waals surface area contributed by atoms with E-state index in [1.54, 1.807) is 24.3 Å². The summed E-state index contributed by atoms with van der Waals surface area (Å²) in [6.45, 7) is 0. The Hall–Kier alpha value is -1.23. The highest BCUT2D eigenvalue weighted by Gasteiger charge is 2.22. The quantitative estimate of drug-likeness (QED) is 0.673. The summed E-state index contributed by atoms with van der Waals surface area (Å²) in [4.78, 5) is 12.2. The zero-order valence-corrected chi connectivity index (χ0v) is 12.1. The summed E-state index contributed by atoms with van der Waals surface area (Å²) >= 11 is 8.86. The predicted octanol–water partition coefficient (Wildman–Crippen LogP) is 4.12. The number of carbonyl (C=O) groups excluding carboxylic acids is 1. The molecule has 1 atom stereocenters. The van der Waals surface area contributed by atoms with Gasteiger partial charge >= 0.3 is 0 Å². The highest BCUT2D eigenvalue weighted by Crippen LogP contribution is 2.29. The second-order valence-electron chi connectivity index (χ2n) is 3.98. The Kier molecular flexibility index (Phi) is 4.34. The first-order chi connectivity index (χ1) is 9.02. The van der Waals surface area contributed by atoms with Crippen LogP contribution in [-0.2, 0) is 0 Å². The van der Waals surface area contributed by atoms with Crippen LogP contribution in [0.5, 0.6) is 0 Å². The summed E-state index contributed by atoms with van der Waals surface area (Å²) in [6, 6.07) is 10.8. The molecule has 2 rings (SSSR count). The van der Waals surface area contributed by atoms with Gasteiger partial charge in [-0.3, -0.25) is 4.79 Å². The Bertz CT molecular complexity index is 618. The molecule has 5 heteroatoms. The van der Waals surface area contributed by atoms with Gasteiger partial charge in [-0.1, -0.05) is 41.9 Å². The summed E-state index contributed by atoms with van der Waals surface area (Å²) in [5, 5.41) is -0.119. The zero-order chi connectivity index (χ0) is 14.0. The third-order valence-electron chi connectivity index (χ3n) is 2.74. The first-order valence-corrected chi connectivity index (χ1v) is 6.67. The minimum Gasteiger partial charge on any atom is -0.318 e. The van der Waals surface area contributed by atoms with Crippen molar-refractivity contribution >= 4 is 33.3 Å². The minimum absolute atomic E-state index is 0.107. The molecule has 0 aliphatic carbocycles. The monoisotopic (exact) mass is 341 g/mol. The van der Waals surface area contributed by atoms with Crippen LogP contribution in [0.4, 0.5) is 4.39 Å². The Morgan fingerprint density at radius 3 is 2.47 bits per heavy atom. The largest absolute Gasteiger partial charge is 0.318 e. The highest BCUT2D eigenvalue weighted by atomic mass is 79.9. The summed E-state index contributed by atoms with van der Waals surface area (Å²) in [7, 11) is 0. The van der Waals surface area contributed by atoms with Gasteiger partial charge in [-0.15, -0.1) is 0 Å². The molecule has 0 saturated heterocycles. The lowest BCUT2D eigenvalue weighted by atomic mass is 9.98. The number of carbonyl (C=O) groups is 1. The number of hydrogen-bond donors (Lipinski definition) is 1. The van der Waals surface area contributed by atoms with Gasteiger partial charge in [0.15, 0.2) is 11.6 Å². The smallest absolute Gasteiger partial charge is 0.187 e. The van der Waals surface area contributed by atoms with E-state index in [1.807, 2.05) is 6.07 Å². The van der Waals surface area contributed by atoms with Crippen LogP contribution in [0.2, 0.25) is 5.02 Å². The Morgan fingerprint density at radius 1 is 1.21 bits per heavy atom. The average Bonchev–Trinajstić information content (AvgIpc) is 2.44. The lowest BCUT2D eigenvalue weighted by Gasteiger charge is -2.12. The third-order valence-corrected chi connectivity index (χ3v) is 4.00. The number of benzene rings is 2. The second kappa shape index (κ2) is 5.82. The van der Waals surface area contributed by atoms with Gasteiger partial charge in [0.1, 0.15) is 0 Å². The van der Waals surface area contributed by atoms with Crippen molar-refractivity contribution in [3.8, 4) is 0 Å². The molecule has 0 fully saturated rings. The van der Waals surface area contributed by atoms with Crippen molar-refractivity contribution in [3.05, 3.63) is 68.9 Å². The Balaban J connectivity index is 2.38. The highest BCUT2D eigenvalue weighted by molar-refractivity contribution is 9.10. The van der Waals surface area contributed by atoms with Crippen molar-refractivity contribution in [1.82, 2.24) is 0 Å². The number of rotatable bonds is 3. The lowest BCUT2D eigenvalue weighted by Crippen LogP contribution is -2.22. The van der Waals surface area contributed by atoms with Crippen molar-refractivity contribution in [2.75, 3.05) is 0 Å². The van der Waals surface area contributed by atoms with Gasteiger partial charge in [0.25, 0.3) is 0 Å². The van der Waals surface area contributed by atoms with E-state index in [9.17, 15) is 9.18 Å². The van der Waals surface area contributed by atoms with Gasteiger partial charge < -0.3 is 5.73 Å². The van der Waals surface area contributed by atoms with Gasteiger partial charge in [0.2, 0.25) is 0 Å². The standard InChI is InChI=1S/C14H10BrClFNO/c15-10-7-6-9(12(17)11(10)16)14(19)13(18)8-4-2-1-3-5-8/h1-7,13H,18H2/t13-/m1/s1. The van der Waals surface area contributed by atoms with Gasteiger partial charge in [0, 0.05) is 4.47 Å². The number of halogens is 3. The lowest BCUT2D eigenvalue weighted by molar-refractivity contribution is 0.0957. The molecule has 0 aliphatic rings. The van der Waals surface area contributed by atoms with E-state index in [4.69, 9.17) is 17.3 Å². The molecular weight excluding hydrogens is 333 g/mol. The predicted molar refractivity (Wildman–Crippen MR) is 76.8 cm³/mol. The molecule has 98 valence electrons. The van der Waals surface area contributed by atoms with Crippen molar-refractivity contribution in [2.45, 2.75) is 6.04 Å². The van der Waals surface area contributed by atoms with Crippen LogP contribution in [0.3, 0.4) is 0 Å². The average molecular weight is 343 g/mol. The summed E-state index contributed by atoms with van der Waals surface area (Å²) in [5.74, 6) is -1.26. The summed E-state index contributed by atoms with van der Waals surface area (Å²) in [6.07, 6.45) is 0. The Morgan fingerprint density at radius 2 is 1.84 bits per heavy atom. The molecule has 0 amide bonds. The van der Waals surface area contributed by atoms with Crippen molar-refractivity contribution in [3.63, 3.8) is 0 Å². The van der Waals surface area contributed by atoms with Crippen molar-refractivity contribution < 1.29 is 9.18 Å². The third kappa shape index (κ3) is 2.86. The maximum Gasteiger partial charge on any atom is 0.187 e. The number of hydrogen-bond acceptors (Lipinski definition) is 2. The summed E-state index contributed by atoms with van der Waals surface area (Å²) in [5.41, 5.74) is 6.38. The van der Waals surface area contributed by atoms with E-state index in [-0.39, 0.29) is 10.6 Å². The number of ketones is 1. The van der Waals surface area contributed by atoms with Gasteiger partial charge in [-0.05, 0) is 33.6 Å². The number of nitrogens with two attached hydrogens (primary N) is 1. The fourth-order valence-corrected chi connectivity index (χ4v) is 2.17. The van der Waals surface area contributed by atoms with E-state index in [2.05, 4.69) is 15.9 Å². The van der Waals surface area contributed by atoms with E-state index < -0.39 is 17.6 Å². The van der Waals surface area contributed by atoms with Crippen LogP contribution in [0.1, 0.15) is 22.0 Å². The molecule has 2 N–H and O–H groups in total. The van der Waals surface area contributed by atoms with Gasteiger partial charge in [0.05, 0.1) is 16.6 Å². The molecule has 0 radical (unpaired) electrons. The molecule has 2 aromatic carbocycles. The van der Waals surface area contributed by atoms with E-state index in [1.165, 1.54) is 12.1 Å². The minimum atomic E-state index is -0.909. The normalized spacial score (nSPS) is 12.2. The first kappa shape index (κ1) is 14.2. The Labute approximate surface area is 123 Å². The molecule has 0 bridgehead atoms.